The van der Waals surface area contributed by atoms with Gasteiger partial charge in [0.05, 0.1) is 10.7 Å². The first-order chi connectivity index (χ1) is 10.2. The number of amides is 1. The standard InChI is InChI=1S/C15H13BrN4O/c16-12-5-2-6-20-13(9-18-14(12)20)19-15(21)11-4-1-3-10(7-11)8-17/h1-7,9H,8,17H2,(H,19,21). The summed E-state index contributed by atoms with van der Waals surface area (Å²) in [6.07, 6.45) is 3.48. The van der Waals surface area contributed by atoms with Gasteiger partial charge >= 0.3 is 0 Å². The van der Waals surface area contributed by atoms with Gasteiger partial charge in [0.2, 0.25) is 0 Å². The number of nitrogens with zero attached hydrogens (tertiary/aromatic N) is 2. The SMILES string of the molecule is NCc1cccc(C(=O)Nc2cnc3c(Br)cccn23)c1. The fourth-order valence-electron chi connectivity index (χ4n) is 2.10. The molecule has 0 radical (unpaired) electrons. The minimum atomic E-state index is -0.188. The summed E-state index contributed by atoms with van der Waals surface area (Å²) in [5.41, 5.74) is 7.84. The smallest absolute Gasteiger partial charge is 0.256 e. The zero-order chi connectivity index (χ0) is 14.8. The van der Waals surface area contributed by atoms with Gasteiger partial charge in [0, 0.05) is 18.3 Å². The minimum Gasteiger partial charge on any atom is -0.326 e. The molecule has 1 aromatic carbocycles. The van der Waals surface area contributed by atoms with Crippen LogP contribution in [0.5, 0.6) is 0 Å². The zero-order valence-corrected chi connectivity index (χ0v) is 12.7. The fraction of sp³-hybridized carbons (Fsp3) is 0.0667. The summed E-state index contributed by atoms with van der Waals surface area (Å²) in [5.74, 6) is 0.432. The van der Waals surface area contributed by atoms with Gasteiger partial charge in [-0.15, -0.1) is 0 Å². The molecular formula is C15H13BrN4O. The largest absolute Gasteiger partial charge is 0.326 e. The molecule has 0 spiro atoms. The van der Waals surface area contributed by atoms with Crippen molar-refractivity contribution in [2.75, 3.05) is 5.32 Å². The second-order valence-corrected chi connectivity index (χ2v) is 5.41. The van der Waals surface area contributed by atoms with Gasteiger partial charge in [-0.2, -0.15) is 0 Å². The maximum absolute atomic E-state index is 12.3. The van der Waals surface area contributed by atoms with Gasteiger partial charge in [-0.1, -0.05) is 12.1 Å². The van der Waals surface area contributed by atoms with Crippen LogP contribution in [0.3, 0.4) is 0 Å². The Hall–Kier alpha value is -2.18. The quantitative estimate of drug-likeness (QED) is 0.767. The van der Waals surface area contributed by atoms with Crippen LogP contribution in [0.25, 0.3) is 5.65 Å². The van der Waals surface area contributed by atoms with Crippen LogP contribution in [0.4, 0.5) is 5.82 Å². The molecule has 0 saturated carbocycles. The summed E-state index contributed by atoms with van der Waals surface area (Å²) < 4.78 is 2.69. The van der Waals surface area contributed by atoms with Gasteiger partial charge in [0.1, 0.15) is 5.82 Å². The summed E-state index contributed by atoms with van der Waals surface area (Å²) in [4.78, 5) is 16.6. The second-order valence-electron chi connectivity index (χ2n) is 4.55. The van der Waals surface area contributed by atoms with E-state index in [4.69, 9.17) is 5.73 Å². The highest BCUT2D eigenvalue weighted by molar-refractivity contribution is 9.10. The Morgan fingerprint density at radius 3 is 3.00 bits per heavy atom. The molecule has 6 heteroatoms. The topological polar surface area (TPSA) is 72.4 Å². The molecule has 0 fully saturated rings. The predicted molar refractivity (Wildman–Crippen MR) is 85.2 cm³/mol. The lowest BCUT2D eigenvalue weighted by Gasteiger charge is -2.06. The Balaban J connectivity index is 1.91. The van der Waals surface area contributed by atoms with E-state index in [1.54, 1.807) is 18.3 Å². The number of anilines is 1. The van der Waals surface area contributed by atoms with Gasteiger partial charge in [-0.25, -0.2) is 4.98 Å². The Morgan fingerprint density at radius 1 is 1.33 bits per heavy atom. The number of rotatable bonds is 3. The Labute approximate surface area is 129 Å². The number of nitrogens with two attached hydrogens (primary N) is 1. The molecule has 21 heavy (non-hydrogen) atoms. The number of carbonyl (C=O) groups excluding carboxylic acids is 1. The molecule has 106 valence electrons. The number of hydrogen-bond acceptors (Lipinski definition) is 3. The van der Waals surface area contributed by atoms with Crippen molar-refractivity contribution in [1.82, 2.24) is 9.38 Å². The van der Waals surface area contributed by atoms with E-state index in [-0.39, 0.29) is 5.91 Å². The molecule has 0 saturated heterocycles. The molecule has 0 atom stereocenters. The number of aromatic nitrogens is 2. The van der Waals surface area contributed by atoms with Gasteiger partial charge < -0.3 is 11.1 Å². The second kappa shape index (κ2) is 5.67. The highest BCUT2D eigenvalue weighted by Crippen LogP contribution is 2.20. The predicted octanol–water partition coefficient (Wildman–Crippen LogP) is 2.81. The van der Waals surface area contributed by atoms with Gasteiger partial charge in [-0.05, 0) is 45.8 Å². The first-order valence-corrected chi connectivity index (χ1v) is 7.20. The molecule has 5 nitrogen and oxygen atoms in total. The van der Waals surface area contributed by atoms with Crippen molar-refractivity contribution in [3.05, 3.63) is 64.4 Å². The van der Waals surface area contributed by atoms with E-state index in [1.807, 2.05) is 34.9 Å². The maximum atomic E-state index is 12.3. The van der Waals surface area contributed by atoms with Crippen molar-refractivity contribution in [1.29, 1.82) is 0 Å². The number of pyridine rings is 1. The van der Waals surface area contributed by atoms with Crippen molar-refractivity contribution in [2.24, 2.45) is 5.73 Å². The maximum Gasteiger partial charge on any atom is 0.256 e. The van der Waals surface area contributed by atoms with E-state index in [2.05, 4.69) is 26.2 Å². The van der Waals surface area contributed by atoms with Crippen LogP contribution in [0.15, 0.2) is 53.3 Å². The highest BCUT2D eigenvalue weighted by atomic mass is 79.9. The van der Waals surface area contributed by atoms with Crippen LogP contribution in [0.1, 0.15) is 15.9 Å². The summed E-state index contributed by atoms with van der Waals surface area (Å²) in [5, 5.41) is 2.86. The third-order valence-corrected chi connectivity index (χ3v) is 3.77. The number of nitrogens with one attached hydrogen (secondary N) is 1. The molecule has 2 heterocycles. The number of hydrogen-bond donors (Lipinski definition) is 2. The third-order valence-electron chi connectivity index (χ3n) is 3.15. The average Bonchev–Trinajstić information content (AvgIpc) is 2.92. The van der Waals surface area contributed by atoms with E-state index in [0.29, 0.717) is 17.9 Å². The van der Waals surface area contributed by atoms with E-state index in [0.717, 1.165) is 15.7 Å². The number of carbonyl (C=O) groups is 1. The molecule has 0 bridgehead atoms. The van der Waals surface area contributed by atoms with Crippen molar-refractivity contribution in [2.45, 2.75) is 6.54 Å². The number of fused-ring (bicyclic) bond motifs is 1. The summed E-state index contributed by atoms with van der Waals surface area (Å²) >= 11 is 3.43. The van der Waals surface area contributed by atoms with E-state index in [9.17, 15) is 4.79 Å². The van der Waals surface area contributed by atoms with Crippen molar-refractivity contribution < 1.29 is 4.79 Å². The monoisotopic (exact) mass is 344 g/mol. The molecule has 0 aliphatic heterocycles. The fourth-order valence-corrected chi connectivity index (χ4v) is 2.54. The summed E-state index contributed by atoms with van der Waals surface area (Å²) in [6, 6.07) is 11.0. The molecule has 2 aromatic heterocycles. The van der Waals surface area contributed by atoms with Crippen LogP contribution in [-0.2, 0) is 6.54 Å². The van der Waals surface area contributed by atoms with Crippen LogP contribution in [0.2, 0.25) is 0 Å². The lowest BCUT2D eigenvalue weighted by atomic mass is 10.1. The van der Waals surface area contributed by atoms with Gasteiger partial charge in [-0.3, -0.25) is 9.20 Å². The summed E-state index contributed by atoms with van der Waals surface area (Å²) in [6.45, 7) is 0.406. The minimum absolute atomic E-state index is 0.188. The van der Waals surface area contributed by atoms with Crippen molar-refractivity contribution >= 4 is 33.3 Å². The molecule has 0 unspecified atom stereocenters. The highest BCUT2D eigenvalue weighted by Gasteiger charge is 2.11. The van der Waals surface area contributed by atoms with Gasteiger partial charge in [0.15, 0.2) is 5.65 Å². The molecule has 0 aliphatic rings. The number of imidazole rings is 1. The Morgan fingerprint density at radius 2 is 2.19 bits per heavy atom. The van der Waals surface area contributed by atoms with E-state index in [1.165, 1.54) is 0 Å². The normalized spacial score (nSPS) is 10.8. The Bertz CT molecular complexity index is 812. The van der Waals surface area contributed by atoms with Crippen LogP contribution < -0.4 is 11.1 Å². The lowest BCUT2D eigenvalue weighted by molar-refractivity contribution is 0.102. The molecule has 3 rings (SSSR count). The summed E-state index contributed by atoms with van der Waals surface area (Å²) in [7, 11) is 0. The third kappa shape index (κ3) is 2.68. The van der Waals surface area contributed by atoms with Gasteiger partial charge in [0.25, 0.3) is 5.91 Å². The van der Waals surface area contributed by atoms with Crippen molar-refractivity contribution in [3.8, 4) is 0 Å². The van der Waals surface area contributed by atoms with Crippen molar-refractivity contribution in [3.63, 3.8) is 0 Å². The first kappa shape index (κ1) is 13.8. The molecule has 0 aliphatic carbocycles. The number of benzene rings is 1. The number of halogens is 1. The molecule has 1 amide bonds. The van der Waals surface area contributed by atoms with E-state index >= 15 is 0 Å². The van der Waals surface area contributed by atoms with E-state index < -0.39 is 0 Å². The molecular weight excluding hydrogens is 332 g/mol. The average molecular weight is 345 g/mol. The molecule has 3 aromatic rings. The Kier molecular flexibility index (Phi) is 3.72. The van der Waals surface area contributed by atoms with Crippen LogP contribution >= 0.6 is 15.9 Å². The first-order valence-electron chi connectivity index (χ1n) is 6.41. The van der Waals surface area contributed by atoms with Crippen LogP contribution in [0, 0.1) is 0 Å². The zero-order valence-electron chi connectivity index (χ0n) is 11.1. The van der Waals surface area contributed by atoms with Crippen LogP contribution in [-0.4, -0.2) is 15.3 Å². The molecule has 3 N–H and O–H groups in total. The lowest BCUT2D eigenvalue weighted by Crippen LogP contribution is -2.14.